The number of nitrogens with two attached hydrogens (primary N) is 1. The summed E-state index contributed by atoms with van der Waals surface area (Å²) in [6.45, 7) is 4.71. The number of aromatic nitrogens is 1. The summed E-state index contributed by atoms with van der Waals surface area (Å²) in [4.78, 5) is 36.5. The Balaban J connectivity index is 2.54. The average molecular weight is 280 g/mol. The van der Waals surface area contributed by atoms with Gasteiger partial charge in [-0.25, -0.2) is 0 Å². The highest BCUT2D eigenvalue weighted by atomic mass is 16.2. The van der Waals surface area contributed by atoms with Crippen LogP contribution in [0.1, 0.15) is 13.8 Å². The lowest BCUT2D eigenvalue weighted by molar-refractivity contribution is -0.132. The van der Waals surface area contributed by atoms with Crippen LogP contribution in [0.4, 0.5) is 5.69 Å². The van der Waals surface area contributed by atoms with Crippen LogP contribution in [0.5, 0.6) is 0 Å². The molecule has 7 heteroatoms. The molecular formula is C13H20N4O3. The lowest BCUT2D eigenvalue weighted by Crippen LogP contribution is -2.41. The van der Waals surface area contributed by atoms with Gasteiger partial charge in [-0.05, 0) is 19.9 Å². The molecule has 1 heterocycles. The molecule has 0 fully saturated rings. The van der Waals surface area contributed by atoms with E-state index in [-0.39, 0.29) is 24.6 Å². The van der Waals surface area contributed by atoms with E-state index in [1.54, 1.807) is 4.90 Å². The van der Waals surface area contributed by atoms with Gasteiger partial charge in [0.25, 0.3) is 5.56 Å². The summed E-state index contributed by atoms with van der Waals surface area (Å²) < 4.78 is 1.20. The first-order valence-electron chi connectivity index (χ1n) is 6.48. The number of amides is 2. The molecule has 0 aromatic carbocycles. The van der Waals surface area contributed by atoms with Crippen molar-refractivity contribution in [2.45, 2.75) is 20.4 Å². The van der Waals surface area contributed by atoms with Gasteiger partial charge < -0.3 is 20.5 Å². The van der Waals surface area contributed by atoms with Gasteiger partial charge in [-0.15, -0.1) is 0 Å². The number of carbonyl (C=O) groups is 2. The summed E-state index contributed by atoms with van der Waals surface area (Å²) in [7, 11) is 0. The fourth-order valence-corrected chi connectivity index (χ4v) is 1.75. The van der Waals surface area contributed by atoms with Crippen LogP contribution in [0, 0.1) is 0 Å². The van der Waals surface area contributed by atoms with Crippen LogP contribution in [-0.2, 0) is 16.1 Å². The number of carbonyl (C=O) groups excluding carboxylic acids is 2. The minimum Gasteiger partial charge on any atom is -0.398 e. The van der Waals surface area contributed by atoms with Gasteiger partial charge in [-0.3, -0.25) is 14.4 Å². The molecule has 0 atom stereocenters. The molecule has 7 nitrogen and oxygen atoms in total. The molecule has 1 aromatic rings. The fraction of sp³-hybridized carbons (Fsp3) is 0.462. The van der Waals surface area contributed by atoms with Crippen molar-refractivity contribution in [2.75, 3.05) is 25.4 Å². The summed E-state index contributed by atoms with van der Waals surface area (Å²) in [5.41, 5.74) is 5.63. The van der Waals surface area contributed by atoms with Crippen LogP contribution in [0.2, 0.25) is 0 Å². The molecule has 0 aliphatic heterocycles. The quantitative estimate of drug-likeness (QED) is 0.728. The van der Waals surface area contributed by atoms with E-state index >= 15 is 0 Å². The summed E-state index contributed by atoms with van der Waals surface area (Å²) >= 11 is 0. The van der Waals surface area contributed by atoms with Crippen molar-refractivity contribution >= 4 is 17.5 Å². The Hall–Kier alpha value is -2.31. The average Bonchev–Trinajstić information content (AvgIpc) is 2.42. The summed E-state index contributed by atoms with van der Waals surface area (Å²) in [5, 5.41) is 2.50. The third kappa shape index (κ3) is 4.42. The van der Waals surface area contributed by atoms with Gasteiger partial charge in [0.1, 0.15) is 6.54 Å². The Morgan fingerprint density at radius 1 is 1.30 bits per heavy atom. The van der Waals surface area contributed by atoms with E-state index in [9.17, 15) is 14.4 Å². The molecule has 2 amide bonds. The smallest absolute Gasteiger partial charge is 0.251 e. The molecule has 0 saturated heterocycles. The maximum absolute atomic E-state index is 11.7. The first kappa shape index (κ1) is 15.7. The van der Waals surface area contributed by atoms with Crippen molar-refractivity contribution in [3.05, 3.63) is 28.7 Å². The number of hydrogen-bond acceptors (Lipinski definition) is 4. The standard InChI is InChI=1S/C13H20N4O3/c1-3-16(4-2)13(20)7-15-11(18)9-17-8-10(14)5-6-12(17)19/h5-6,8H,3-4,7,9,14H2,1-2H3,(H,15,18). The predicted molar refractivity (Wildman–Crippen MR) is 76.1 cm³/mol. The third-order valence-electron chi connectivity index (χ3n) is 2.87. The fourth-order valence-electron chi connectivity index (χ4n) is 1.75. The number of hydrogen-bond donors (Lipinski definition) is 2. The van der Waals surface area contributed by atoms with Gasteiger partial charge in [0.2, 0.25) is 11.8 Å². The molecule has 110 valence electrons. The van der Waals surface area contributed by atoms with E-state index < -0.39 is 5.91 Å². The SMILES string of the molecule is CCN(CC)C(=O)CNC(=O)Cn1cc(N)ccc1=O. The Labute approximate surface area is 117 Å². The summed E-state index contributed by atoms with van der Waals surface area (Å²) in [5.74, 6) is -0.554. The minimum absolute atomic E-state index is 0.0718. The second kappa shape index (κ2) is 7.32. The Bertz CT molecular complexity index is 535. The first-order chi connectivity index (χ1) is 9.47. The first-order valence-corrected chi connectivity index (χ1v) is 6.48. The zero-order chi connectivity index (χ0) is 15.1. The van der Waals surface area contributed by atoms with Gasteiger partial charge in [0, 0.05) is 31.0 Å². The molecule has 0 spiro atoms. The second-order valence-electron chi connectivity index (χ2n) is 4.27. The Morgan fingerprint density at radius 2 is 1.95 bits per heavy atom. The third-order valence-corrected chi connectivity index (χ3v) is 2.87. The van der Waals surface area contributed by atoms with E-state index in [4.69, 9.17) is 5.73 Å². The van der Waals surface area contributed by atoms with E-state index in [2.05, 4.69) is 5.32 Å². The molecular weight excluding hydrogens is 260 g/mol. The van der Waals surface area contributed by atoms with Crippen LogP contribution in [0.25, 0.3) is 0 Å². The normalized spacial score (nSPS) is 10.1. The predicted octanol–water partition coefficient (Wildman–Crippen LogP) is -0.585. The van der Waals surface area contributed by atoms with Crippen molar-refractivity contribution in [2.24, 2.45) is 0 Å². The van der Waals surface area contributed by atoms with E-state index in [1.165, 1.54) is 22.9 Å². The van der Waals surface area contributed by atoms with Crippen molar-refractivity contribution in [1.82, 2.24) is 14.8 Å². The Kier molecular flexibility index (Phi) is 5.76. The van der Waals surface area contributed by atoms with Crippen molar-refractivity contribution < 1.29 is 9.59 Å². The van der Waals surface area contributed by atoms with Crippen molar-refractivity contribution in [3.63, 3.8) is 0 Å². The largest absolute Gasteiger partial charge is 0.398 e. The molecule has 1 aromatic heterocycles. The van der Waals surface area contributed by atoms with E-state index in [1.807, 2.05) is 13.8 Å². The molecule has 3 N–H and O–H groups in total. The van der Waals surface area contributed by atoms with Crippen LogP contribution in [0.3, 0.4) is 0 Å². The van der Waals surface area contributed by atoms with Crippen LogP contribution in [-0.4, -0.2) is 40.9 Å². The maximum Gasteiger partial charge on any atom is 0.251 e. The van der Waals surface area contributed by atoms with Gasteiger partial charge in [0.05, 0.1) is 6.54 Å². The number of likely N-dealkylation sites (N-methyl/N-ethyl adjacent to an activating group) is 1. The maximum atomic E-state index is 11.7. The van der Waals surface area contributed by atoms with Gasteiger partial charge >= 0.3 is 0 Å². The van der Waals surface area contributed by atoms with Crippen molar-refractivity contribution in [3.8, 4) is 0 Å². The molecule has 0 radical (unpaired) electrons. The van der Waals surface area contributed by atoms with Crippen LogP contribution >= 0.6 is 0 Å². The van der Waals surface area contributed by atoms with Gasteiger partial charge in [-0.1, -0.05) is 0 Å². The zero-order valence-corrected chi connectivity index (χ0v) is 11.8. The van der Waals surface area contributed by atoms with Gasteiger partial charge in [-0.2, -0.15) is 0 Å². The number of anilines is 1. The highest BCUT2D eigenvalue weighted by molar-refractivity contribution is 5.84. The molecule has 0 aliphatic carbocycles. The molecule has 0 aliphatic rings. The van der Waals surface area contributed by atoms with Crippen molar-refractivity contribution in [1.29, 1.82) is 0 Å². The topological polar surface area (TPSA) is 97.4 Å². The molecule has 0 bridgehead atoms. The summed E-state index contributed by atoms with van der Waals surface area (Å²) in [6, 6.07) is 2.77. The Morgan fingerprint density at radius 3 is 2.55 bits per heavy atom. The number of nitrogen functional groups attached to an aromatic ring is 1. The number of nitrogens with zero attached hydrogens (tertiary/aromatic N) is 2. The lowest BCUT2D eigenvalue weighted by atomic mass is 10.4. The highest BCUT2D eigenvalue weighted by Crippen LogP contribution is 1.95. The number of pyridine rings is 1. The van der Waals surface area contributed by atoms with Crippen LogP contribution in [0.15, 0.2) is 23.1 Å². The van der Waals surface area contributed by atoms with E-state index in [0.717, 1.165) is 0 Å². The van der Waals surface area contributed by atoms with Gasteiger partial charge in [0.15, 0.2) is 0 Å². The molecule has 20 heavy (non-hydrogen) atoms. The second-order valence-corrected chi connectivity index (χ2v) is 4.27. The zero-order valence-electron chi connectivity index (χ0n) is 11.8. The number of rotatable bonds is 6. The monoisotopic (exact) mass is 280 g/mol. The summed E-state index contributed by atoms with van der Waals surface area (Å²) in [6.07, 6.45) is 1.40. The van der Waals surface area contributed by atoms with Crippen LogP contribution < -0.4 is 16.6 Å². The molecule has 1 rings (SSSR count). The lowest BCUT2D eigenvalue weighted by Gasteiger charge is -2.18. The number of nitrogens with one attached hydrogen (secondary N) is 1. The minimum atomic E-state index is -0.404. The molecule has 0 unspecified atom stereocenters. The van der Waals surface area contributed by atoms with E-state index in [0.29, 0.717) is 18.8 Å². The molecule has 0 saturated carbocycles. The highest BCUT2D eigenvalue weighted by Gasteiger charge is 2.11.